The fourth-order valence-corrected chi connectivity index (χ4v) is 2.74. The van der Waals surface area contributed by atoms with Crippen molar-refractivity contribution in [2.24, 2.45) is 10.8 Å². The van der Waals surface area contributed by atoms with Crippen LogP contribution in [0, 0.1) is 10.8 Å². The van der Waals surface area contributed by atoms with Crippen LogP contribution in [0.4, 0.5) is 0 Å². The quantitative estimate of drug-likeness (QED) is 0.827. The minimum atomic E-state index is -0.658. The summed E-state index contributed by atoms with van der Waals surface area (Å²) in [7, 11) is 0. The van der Waals surface area contributed by atoms with Crippen LogP contribution < -0.4 is 0 Å². The molecule has 2 atom stereocenters. The second-order valence-electron chi connectivity index (χ2n) is 5.69. The minimum Gasteiger partial charge on any atom is -0.481 e. The van der Waals surface area contributed by atoms with Gasteiger partial charge in [0.15, 0.2) is 0 Å². The molecule has 0 aromatic heterocycles. The van der Waals surface area contributed by atoms with E-state index in [2.05, 4.69) is 0 Å². The van der Waals surface area contributed by atoms with Crippen LogP contribution in [0.3, 0.4) is 0 Å². The van der Waals surface area contributed by atoms with Gasteiger partial charge in [0.05, 0.1) is 5.41 Å². The van der Waals surface area contributed by atoms with Gasteiger partial charge in [0.2, 0.25) is 0 Å². The van der Waals surface area contributed by atoms with Gasteiger partial charge in [-0.25, -0.2) is 0 Å². The van der Waals surface area contributed by atoms with Gasteiger partial charge in [-0.3, -0.25) is 4.79 Å². The normalized spacial score (nSPS) is 28.8. The molecular weight excluding hydrogens is 200 g/mol. The first-order valence-electron chi connectivity index (χ1n) is 5.68. The third-order valence-electron chi connectivity index (χ3n) is 3.88. The van der Waals surface area contributed by atoms with E-state index in [1.807, 2.05) is 51.1 Å². The number of hydrogen-bond donors (Lipinski definition) is 1. The Hall–Kier alpha value is -1.31. The van der Waals surface area contributed by atoms with Crippen LogP contribution >= 0.6 is 0 Å². The van der Waals surface area contributed by atoms with E-state index in [1.165, 1.54) is 0 Å². The maximum Gasteiger partial charge on any atom is 0.310 e. The molecule has 0 heterocycles. The van der Waals surface area contributed by atoms with Crippen LogP contribution in [0.2, 0.25) is 0 Å². The number of benzene rings is 1. The van der Waals surface area contributed by atoms with Gasteiger partial charge in [0, 0.05) is 5.92 Å². The topological polar surface area (TPSA) is 37.3 Å². The molecule has 2 rings (SSSR count). The third kappa shape index (κ3) is 1.44. The molecular formula is C14H18O2. The average Bonchev–Trinajstić information content (AvgIpc) is 2.94. The third-order valence-corrected chi connectivity index (χ3v) is 3.88. The average molecular weight is 218 g/mol. The standard InChI is InChI=1S/C14H18O2/c1-13(2,3)14(12(15)16)9-11(14)10-7-5-4-6-8-10/h4-8,11H,9H2,1-3H3,(H,15,16). The highest BCUT2D eigenvalue weighted by molar-refractivity contribution is 5.81. The molecule has 0 aliphatic heterocycles. The predicted molar refractivity (Wildman–Crippen MR) is 63.3 cm³/mol. The number of rotatable bonds is 2. The Morgan fingerprint density at radius 3 is 2.25 bits per heavy atom. The zero-order valence-corrected chi connectivity index (χ0v) is 10.0. The van der Waals surface area contributed by atoms with E-state index < -0.39 is 11.4 Å². The van der Waals surface area contributed by atoms with E-state index in [4.69, 9.17) is 0 Å². The summed E-state index contributed by atoms with van der Waals surface area (Å²) in [5.41, 5.74) is 0.382. The molecule has 2 nitrogen and oxygen atoms in total. The molecule has 2 heteroatoms. The molecule has 1 aliphatic rings. The Kier molecular flexibility index (Phi) is 2.33. The van der Waals surface area contributed by atoms with E-state index in [1.54, 1.807) is 0 Å². The molecule has 0 bridgehead atoms. The molecule has 86 valence electrons. The zero-order valence-electron chi connectivity index (χ0n) is 10.0. The van der Waals surface area contributed by atoms with Gasteiger partial charge in [-0.1, -0.05) is 51.1 Å². The summed E-state index contributed by atoms with van der Waals surface area (Å²) in [6.45, 7) is 6.05. The highest BCUT2D eigenvalue weighted by Gasteiger charge is 2.66. The van der Waals surface area contributed by atoms with Gasteiger partial charge in [-0.05, 0) is 17.4 Å². The monoisotopic (exact) mass is 218 g/mol. The molecule has 1 saturated carbocycles. The number of aliphatic carboxylic acids is 1. The molecule has 0 saturated heterocycles. The first-order chi connectivity index (χ1) is 7.39. The van der Waals surface area contributed by atoms with E-state index in [0.29, 0.717) is 0 Å². The molecule has 1 aromatic carbocycles. The molecule has 0 spiro atoms. The summed E-state index contributed by atoms with van der Waals surface area (Å²) in [5.74, 6) is -0.486. The van der Waals surface area contributed by atoms with Crippen molar-refractivity contribution in [3.63, 3.8) is 0 Å². The van der Waals surface area contributed by atoms with Crippen molar-refractivity contribution < 1.29 is 9.90 Å². The fourth-order valence-electron chi connectivity index (χ4n) is 2.74. The molecule has 1 fully saturated rings. The van der Waals surface area contributed by atoms with E-state index >= 15 is 0 Å². The summed E-state index contributed by atoms with van der Waals surface area (Å²) < 4.78 is 0. The van der Waals surface area contributed by atoms with Gasteiger partial charge in [0.1, 0.15) is 0 Å². The molecule has 1 N–H and O–H groups in total. The molecule has 2 unspecified atom stereocenters. The van der Waals surface area contributed by atoms with Crippen LogP contribution in [0.1, 0.15) is 38.7 Å². The Labute approximate surface area is 96.3 Å². The van der Waals surface area contributed by atoms with Crippen molar-refractivity contribution in [2.45, 2.75) is 33.1 Å². The lowest BCUT2D eigenvalue weighted by molar-refractivity contribution is -0.148. The maximum absolute atomic E-state index is 11.5. The first-order valence-corrected chi connectivity index (χ1v) is 5.68. The second kappa shape index (κ2) is 3.34. The number of hydrogen-bond acceptors (Lipinski definition) is 1. The molecule has 0 amide bonds. The maximum atomic E-state index is 11.5. The second-order valence-corrected chi connectivity index (χ2v) is 5.69. The summed E-state index contributed by atoms with van der Waals surface area (Å²) in [6.07, 6.45) is 0.760. The summed E-state index contributed by atoms with van der Waals surface area (Å²) in [5, 5.41) is 9.47. The first kappa shape index (κ1) is 11.2. The van der Waals surface area contributed by atoms with E-state index in [0.717, 1.165) is 12.0 Å². The SMILES string of the molecule is CC(C)(C)C1(C(=O)O)CC1c1ccccc1. The highest BCUT2D eigenvalue weighted by Crippen LogP contribution is 2.68. The summed E-state index contributed by atoms with van der Waals surface area (Å²) >= 11 is 0. The Morgan fingerprint density at radius 1 is 1.31 bits per heavy atom. The van der Waals surface area contributed by atoms with Crippen molar-refractivity contribution in [2.75, 3.05) is 0 Å². The van der Waals surface area contributed by atoms with Gasteiger partial charge in [0.25, 0.3) is 0 Å². The van der Waals surface area contributed by atoms with Gasteiger partial charge >= 0.3 is 5.97 Å². The van der Waals surface area contributed by atoms with Crippen molar-refractivity contribution in [1.29, 1.82) is 0 Å². The smallest absolute Gasteiger partial charge is 0.310 e. The lowest BCUT2D eigenvalue weighted by Crippen LogP contribution is -2.32. The van der Waals surface area contributed by atoms with Crippen molar-refractivity contribution in [3.05, 3.63) is 35.9 Å². The minimum absolute atomic E-state index is 0.172. The van der Waals surface area contributed by atoms with Gasteiger partial charge < -0.3 is 5.11 Å². The van der Waals surface area contributed by atoms with Crippen molar-refractivity contribution in [1.82, 2.24) is 0 Å². The van der Waals surface area contributed by atoms with Crippen LogP contribution in [-0.4, -0.2) is 11.1 Å². The van der Waals surface area contributed by atoms with Crippen molar-refractivity contribution >= 4 is 5.97 Å². The number of carbonyl (C=O) groups is 1. The molecule has 1 aromatic rings. The van der Waals surface area contributed by atoms with E-state index in [9.17, 15) is 9.90 Å². The number of carboxylic acids is 1. The summed E-state index contributed by atoms with van der Waals surface area (Å²) in [4.78, 5) is 11.5. The fraction of sp³-hybridized carbons (Fsp3) is 0.500. The molecule has 1 aliphatic carbocycles. The van der Waals surface area contributed by atoms with Crippen molar-refractivity contribution in [3.8, 4) is 0 Å². The lowest BCUT2D eigenvalue weighted by Gasteiger charge is -2.28. The lowest BCUT2D eigenvalue weighted by atomic mass is 9.75. The Balaban J connectivity index is 2.34. The predicted octanol–water partition coefficient (Wildman–Crippen LogP) is 3.29. The molecule has 16 heavy (non-hydrogen) atoms. The van der Waals surface area contributed by atoms with Crippen LogP contribution in [-0.2, 0) is 4.79 Å². The number of carboxylic acid groups (broad SMARTS) is 1. The molecule has 0 radical (unpaired) electrons. The van der Waals surface area contributed by atoms with Crippen LogP contribution in [0.25, 0.3) is 0 Å². The summed E-state index contributed by atoms with van der Waals surface area (Å²) in [6, 6.07) is 9.97. The van der Waals surface area contributed by atoms with E-state index in [-0.39, 0.29) is 11.3 Å². The highest BCUT2D eigenvalue weighted by atomic mass is 16.4. The van der Waals surface area contributed by atoms with Crippen LogP contribution in [0.15, 0.2) is 30.3 Å². The zero-order chi connectivity index (χ0) is 12.0. The van der Waals surface area contributed by atoms with Gasteiger partial charge in [-0.15, -0.1) is 0 Å². The Morgan fingerprint density at radius 2 is 1.88 bits per heavy atom. The Bertz CT molecular complexity index is 402. The van der Waals surface area contributed by atoms with Gasteiger partial charge in [-0.2, -0.15) is 0 Å². The largest absolute Gasteiger partial charge is 0.481 e. The van der Waals surface area contributed by atoms with Crippen LogP contribution in [0.5, 0.6) is 0 Å².